The van der Waals surface area contributed by atoms with Gasteiger partial charge in [0.05, 0.1) is 17.4 Å². The molecule has 0 aromatic carbocycles. The minimum absolute atomic E-state index is 0.103. The van der Waals surface area contributed by atoms with Crippen molar-refractivity contribution in [2.75, 3.05) is 24.1 Å². The summed E-state index contributed by atoms with van der Waals surface area (Å²) in [6.45, 7) is 5.78. The van der Waals surface area contributed by atoms with Crippen LogP contribution in [-0.2, 0) is 11.0 Å². The third-order valence-corrected chi connectivity index (χ3v) is 5.71. The number of carbonyl (C=O) groups excluding carboxylic acids is 1. The number of nitrogens with one attached hydrogen (secondary N) is 2. The molecule has 1 saturated heterocycles. The zero-order valence-electron chi connectivity index (χ0n) is 18.2. The molecule has 4 heterocycles. The third-order valence-electron chi connectivity index (χ3n) is 5.71. The Bertz CT molecular complexity index is 1200. The lowest BCUT2D eigenvalue weighted by Gasteiger charge is -2.44. The van der Waals surface area contributed by atoms with Crippen LogP contribution < -0.4 is 11.1 Å². The van der Waals surface area contributed by atoms with Gasteiger partial charge in [-0.1, -0.05) is 0 Å². The number of pyridine rings is 1. The third kappa shape index (κ3) is 4.42. The van der Waals surface area contributed by atoms with Gasteiger partial charge in [0.25, 0.3) is 5.91 Å². The number of halogens is 3. The van der Waals surface area contributed by atoms with E-state index in [1.165, 1.54) is 26.2 Å². The highest BCUT2D eigenvalue weighted by atomic mass is 19.4. The number of carbonyl (C=O) groups is 1. The van der Waals surface area contributed by atoms with E-state index >= 15 is 0 Å². The molecule has 1 atom stereocenters. The number of aromatic amines is 1. The van der Waals surface area contributed by atoms with Gasteiger partial charge in [0, 0.05) is 48.4 Å². The molecule has 3 aromatic rings. The van der Waals surface area contributed by atoms with E-state index in [0.717, 1.165) is 12.3 Å². The number of nitrogens with two attached hydrogens (primary N) is 1. The number of aliphatic hydroxyl groups is 1. The van der Waals surface area contributed by atoms with Crippen LogP contribution in [0.1, 0.15) is 26.3 Å². The lowest BCUT2D eigenvalue weighted by atomic mass is 9.91. The maximum absolute atomic E-state index is 13.2. The number of hydrogen-bond acceptors (Lipinski definition) is 7. The Kier molecular flexibility index (Phi) is 5.43. The molecule has 4 rings (SSSR count). The smallest absolute Gasteiger partial charge is 0.396 e. The van der Waals surface area contributed by atoms with Crippen LogP contribution in [0.25, 0.3) is 22.3 Å². The molecule has 0 spiro atoms. The predicted molar refractivity (Wildman–Crippen MR) is 116 cm³/mol. The minimum Gasteiger partial charge on any atom is -0.396 e. The summed E-state index contributed by atoms with van der Waals surface area (Å²) in [7, 11) is 0. The molecule has 3 aromatic heterocycles. The average Bonchev–Trinajstić information content (AvgIpc) is 3.10. The van der Waals surface area contributed by atoms with Crippen molar-refractivity contribution >= 4 is 28.6 Å². The van der Waals surface area contributed by atoms with Gasteiger partial charge in [0.2, 0.25) is 5.95 Å². The second kappa shape index (κ2) is 7.87. The van der Waals surface area contributed by atoms with Crippen molar-refractivity contribution in [3.05, 3.63) is 30.2 Å². The molecule has 1 aliphatic heterocycles. The first kappa shape index (κ1) is 22.8. The molecule has 1 fully saturated rings. The number of fused-ring (bicyclic) bond motifs is 1. The first-order chi connectivity index (χ1) is 15.3. The van der Waals surface area contributed by atoms with Crippen molar-refractivity contribution < 1.29 is 23.1 Å². The Hall–Kier alpha value is -3.41. The Labute approximate surface area is 187 Å². The summed E-state index contributed by atoms with van der Waals surface area (Å²) in [5.74, 6) is 0.0453. The highest BCUT2D eigenvalue weighted by molar-refractivity contribution is 5.95. The summed E-state index contributed by atoms with van der Waals surface area (Å²) in [4.78, 5) is 29.0. The van der Waals surface area contributed by atoms with Crippen molar-refractivity contribution in [1.82, 2.24) is 24.8 Å². The number of likely N-dealkylation sites (tertiary alicyclic amines) is 1. The molecule has 1 amide bonds. The van der Waals surface area contributed by atoms with Gasteiger partial charge < -0.3 is 26.0 Å². The largest absolute Gasteiger partial charge is 0.417 e. The van der Waals surface area contributed by atoms with Gasteiger partial charge in [0.1, 0.15) is 16.9 Å². The van der Waals surface area contributed by atoms with Gasteiger partial charge in [-0.15, -0.1) is 0 Å². The fraction of sp³-hybridized carbons (Fsp3) is 0.429. The molecule has 1 aliphatic rings. The molecule has 0 bridgehead atoms. The summed E-state index contributed by atoms with van der Waals surface area (Å²) in [6.07, 6.45) is -0.860. The number of hydrogen-bond donors (Lipinski definition) is 4. The Morgan fingerprint density at radius 3 is 2.64 bits per heavy atom. The highest BCUT2D eigenvalue weighted by Crippen LogP contribution is 2.35. The number of H-pyrrole nitrogens is 1. The molecule has 33 heavy (non-hydrogen) atoms. The van der Waals surface area contributed by atoms with Gasteiger partial charge in [-0.3, -0.25) is 4.79 Å². The number of amides is 1. The van der Waals surface area contributed by atoms with Gasteiger partial charge in [0.15, 0.2) is 0 Å². The zero-order valence-corrected chi connectivity index (χ0v) is 18.2. The fourth-order valence-corrected chi connectivity index (χ4v) is 3.73. The maximum Gasteiger partial charge on any atom is 0.417 e. The van der Waals surface area contributed by atoms with Crippen LogP contribution in [0.15, 0.2) is 24.7 Å². The fourth-order valence-electron chi connectivity index (χ4n) is 3.73. The Balaban J connectivity index is 1.54. The van der Waals surface area contributed by atoms with Crippen molar-refractivity contribution in [3.63, 3.8) is 0 Å². The summed E-state index contributed by atoms with van der Waals surface area (Å²) in [5, 5.41) is 13.3. The van der Waals surface area contributed by atoms with E-state index < -0.39 is 17.3 Å². The van der Waals surface area contributed by atoms with E-state index in [4.69, 9.17) is 5.73 Å². The number of nitrogen functional groups attached to an aromatic ring is 1. The van der Waals surface area contributed by atoms with Crippen LogP contribution in [0.4, 0.5) is 24.8 Å². The molecule has 0 radical (unpaired) electrons. The number of alkyl halides is 3. The molecular weight excluding hydrogens is 439 g/mol. The molecule has 0 saturated carbocycles. The number of anilines is 2. The van der Waals surface area contributed by atoms with Crippen molar-refractivity contribution in [2.45, 2.75) is 38.6 Å². The van der Waals surface area contributed by atoms with Crippen LogP contribution in [0.3, 0.4) is 0 Å². The number of nitrogens with zero attached hydrogens (tertiary/aromatic N) is 4. The van der Waals surface area contributed by atoms with E-state index in [1.54, 1.807) is 4.90 Å². The number of rotatable bonds is 5. The number of aromatic nitrogens is 4. The molecule has 0 aliphatic carbocycles. The Morgan fingerprint density at radius 1 is 1.30 bits per heavy atom. The quantitative estimate of drug-likeness (QED) is 0.457. The van der Waals surface area contributed by atoms with Crippen LogP contribution >= 0.6 is 0 Å². The lowest BCUT2D eigenvalue weighted by molar-refractivity contribution is -0.154. The second-order valence-corrected chi connectivity index (χ2v) is 8.78. The SMILES string of the molecule is CC(Nc1ncc(N)c(-c2c[nH]c3ncc(C(F)(F)F)cc23)n1)C1CN(C(=O)C(C)(C)O)C1. The first-order valence-corrected chi connectivity index (χ1v) is 10.3. The first-order valence-electron chi connectivity index (χ1n) is 10.3. The van der Waals surface area contributed by atoms with E-state index in [1.807, 2.05) is 6.92 Å². The van der Waals surface area contributed by atoms with Gasteiger partial charge in [-0.2, -0.15) is 13.2 Å². The summed E-state index contributed by atoms with van der Waals surface area (Å²) in [5.41, 5.74) is 4.89. The van der Waals surface area contributed by atoms with E-state index in [0.29, 0.717) is 18.7 Å². The molecule has 176 valence electrons. The van der Waals surface area contributed by atoms with E-state index in [9.17, 15) is 23.1 Å². The van der Waals surface area contributed by atoms with Crippen LogP contribution in [-0.4, -0.2) is 60.6 Å². The lowest BCUT2D eigenvalue weighted by Crippen LogP contribution is -2.59. The summed E-state index contributed by atoms with van der Waals surface area (Å²) in [6, 6.07) is 0.905. The average molecular weight is 463 g/mol. The molecule has 12 heteroatoms. The van der Waals surface area contributed by atoms with Gasteiger partial charge >= 0.3 is 6.18 Å². The standard InChI is InChI=1S/C21H24F3N7O2/c1-10(11-8-31(9-11)18(32)20(2,3)33)29-19-28-7-15(25)16(30-19)14-6-27-17-13(14)4-12(5-26-17)21(22,23)24/h4-7,10-11,33H,8-9,25H2,1-3H3,(H,26,27)(H,28,29,30). The molecule has 1 unspecified atom stereocenters. The summed E-state index contributed by atoms with van der Waals surface area (Å²) < 4.78 is 39.5. The van der Waals surface area contributed by atoms with Crippen LogP contribution in [0.5, 0.6) is 0 Å². The minimum atomic E-state index is -4.53. The van der Waals surface area contributed by atoms with Crippen molar-refractivity contribution in [1.29, 1.82) is 0 Å². The van der Waals surface area contributed by atoms with Gasteiger partial charge in [-0.05, 0) is 26.8 Å². The van der Waals surface area contributed by atoms with Gasteiger partial charge in [-0.25, -0.2) is 15.0 Å². The normalized spacial score (nSPS) is 16.0. The maximum atomic E-state index is 13.2. The Morgan fingerprint density at radius 2 is 2.00 bits per heavy atom. The van der Waals surface area contributed by atoms with Crippen LogP contribution in [0, 0.1) is 5.92 Å². The van der Waals surface area contributed by atoms with Crippen molar-refractivity contribution in [3.8, 4) is 11.3 Å². The van der Waals surface area contributed by atoms with E-state index in [2.05, 4.69) is 25.3 Å². The highest BCUT2D eigenvalue weighted by Gasteiger charge is 2.39. The molecular formula is C21H24F3N7O2. The van der Waals surface area contributed by atoms with Crippen molar-refractivity contribution in [2.24, 2.45) is 5.92 Å². The second-order valence-electron chi connectivity index (χ2n) is 8.78. The van der Waals surface area contributed by atoms with Crippen LogP contribution in [0.2, 0.25) is 0 Å². The van der Waals surface area contributed by atoms with E-state index in [-0.39, 0.29) is 46.2 Å². The zero-order chi connectivity index (χ0) is 24.1. The molecule has 5 N–H and O–H groups in total. The molecule has 9 nitrogen and oxygen atoms in total. The topological polar surface area (TPSA) is 133 Å². The predicted octanol–water partition coefficient (Wildman–Crippen LogP) is 2.65. The monoisotopic (exact) mass is 463 g/mol. The summed E-state index contributed by atoms with van der Waals surface area (Å²) >= 11 is 0.